The van der Waals surface area contributed by atoms with Crippen LogP contribution < -0.4 is 9.64 Å². The largest absolute Gasteiger partial charge is 0.497 e. The van der Waals surface area contributed by atoms with Crippen LogP contribution in [0.1, 0.15) is 27.9 Å². The third kappa shape index (κ3) is 3.46. The number of nitrogens with zero attached hydrogens (tertiary/aromatic N) is 1. The van der Waals surface area contributed by atoms with E-state index in [1.165, 1.54) is 24.1 Å². The molecule has 4 rings (SSSR count). The Balaban J connectivity index is 1.64. The molecule has 1 amide bonds. The van der Waals surface area contributed by atoms with Crippen LogP contribution in [0, 0.1) is 5.82 Å². The topological polar surface area (TPSA) is 66.8 Å². The van der Waals surface area contributed by atoms with Crippen LogP contribution in [0.3, 0.4) is 0 Å². The summed E-state index contributed by atoms with van der Waals surface area (Å²) in [5.41, 5.74) is 0.0563. The number of carbonyl (C=O) groups excluding carboxylic acids is 2. The van der Waals surface area contributed by atoms with E-state index in [0.717, 1.165) is 0 Å². The van der Waals surface area contributed by atoms with Crippen molar-refractivity contribution in [3.8, 4) is 5.75 Å². The molecule has 30 heavy (non-hydrogen) atoms. The number of Topliss-reactive ketones (excluding diaryl/α,β-unsaturated/α-hetero) is 1. The summed E-state index contributed by atoms with van der Waals surface area (Å²) >= 11 is 0. The molecule has 152 valence electrons. The highest BCUT2D eigenvalue weighted by Gasteiger charge is 2.50. The molecule has 1 aliphatic rings. The van der Waals surface area contributed by atoms with Crippen LogP contribution in [0.4, 0.5) is 10.1 Å². The number of methoxy groups -OCH3 is 1. The molecule has 3 aromatic rings. The minimum Gasteiger partial charge on any atom is -0.497 e. The average Bonchev–Trinajstić information content (AvgIpc) is 2.97. The molecule has 0 bridgehead atoms. The smallest absolute Gasteiger partial charge is 0.264 e. The number of anilines is 1. The normalized spacial score (nSPS) is 17.7. The van der Waals surface area contributed by atoms with Gasteiger partial charge in [0.2, 0.25) is 0 Å². The Labute approximate surface area is 173 Å². The van der Waals surface area contributed by atoms with E-state index in [-0.39, 0.29) is 24.6 Å². The van der Waals surface area contributed by atoms with Crippen LogP contribution in [-0.2, 0) is 16.9 Å². The number of amides is 1. The zero-order valence-electron chi connectivity index (χ0n) is 16.3. The van der Waals surface area contributed by atoms with Crippen LogP contribution in [-0.4, -0.2) is 23.9 Å². The van der Waals surface area contributed by atoms with Crippen molar-refractivity contribution < 1.29 is 23.8 Å². The second-order valence-electron chi connectivity index (χ2n) is 7.22. The van der Waals surface area contributed by atoms with Crippen molar-refractivity contribution in [2.75, 3.05) is 12.0 Å². The number of rotatable bonds is 6. The molecule has 0 saturated carbocycles. The standard InChI is InChI=1S/C24H20FNO4/c1-30-19-12-8-17(9-13-19)22(27)14-24(29)20-4-2-3-5-21(20)26(23(24)28)15-16-6-10-18(25)11-7-16/h2-13,29H,14-15H2,1H3/t24-/m1/s1. The minimum atomic E-state index is -1.96. The monoisotopic (exact) mass is 405 g/mol. The highest BCUT2D eigenvalue weighted by molar-refractivity contribution is 6.10. The van der Waals surface area contributed by atoms with Gasteiger partial charge in [-0.2, -0.15) is 0 Å². The summed E-state index contributed by atoms with van der Waals surface area (Å²) in [4.78, 5) is 27.5. The SMILES string of the molecule is COc1ccc(C(=O)C[C@]2(O)C(=O)N(Cc3ccc(F)cc3)c3ccccc32)cc1. The summed E-state index contributed by atoms with van der Waals surface area (Å²) in [5.74, 6) is -0.687. The predicted molar refractivity (Wildman–Crippen MR) is 110 cm³/mol. The van der Waals surface area contributed by atoms with E-state index in [9.17, 15) is 19.1 Å². The Morgan fingerprint density at radius 2 is 1.70 bits per heavy atom. The molecular weight excluding hydrogens is 385 g/mol. The van der Waals surface area contributed by atoms with Gasteiger partial charge in [0.25, 0.3) is 5.91 Å². The molecule has 6 heteroatoms. The van der Waals surface area contributed by atoms with Crippen molar-refractivity contribution in [3.63, 3.8) is 0 Å². The van der Waals surface area contributed by atoms with Crippen LogP contribution >= 0.6 is 0 Å². The van der Waals surface area contributed by atoms with Gasteiger partial charge in [-0.25, -0.2) is 4.39 Å². The summed E-state index contributed by atoms with van der Waals surface area (Å²) in [6.45, 7) is 0.162. The number of halogens is 1. The van der Waals surface area contributed by atoms with E-state index in [1.807, 2.05) is 0 Å². The van der Waals surface area contributed by atoms with E-state index >= 15 is 0 Å². The molecule has 1 heterocycles. The Morgan fingerprint density at radius 1 is 1.03 bits per heavy atom. The third-order valence-electron chi connectivity index (χ3n) is 5.32. The predicted octanol–water partition coefficient (Wildman–Crippen LogP) is 3.84. The van der Waals surface area contributed by atoms with Crippen molar-refractivity contribution >= 4 is 17.4 Å². The van der Waals surface area contributed by atoms with Gasteiger partial charge < -0.3 is 14.7 Å². The van der Waals surface area contributed by atoms with E-state index < -0.39 is 11.5 Å². The Hall–Kier alpha value is -3.51. The number of carbonyl (C=O) groups is 2. The summed E-state index contributed by atoms with van der Waals surface area (Å²) in [7, 11) is 1.53. The number of fused-ring (bicyclic) bond motifs is 1. The van der Waals surface area contributed by atoms with Gasteiger partial charge in [-0.1, -0.05) is 30.3 Å². The zero-order valence-corrected chi connectivity index (χ0v) is 16.3. The number of ketones is 1. The average molecular weight is 405 g/mol. The van der Waals surface area contributed by atoms with Crippen LogP contribution in [0.25, 0.3) is 0 Å². The minimum absolute atomic E-state index is 0.162. The maximum atomic E-state index is 13.3. The van der Waals surface area contributed by atoms with Crippen LogP contribution in [0.15, 0.2) is 72.8 Å². The van der Waals surface area contributed by atoms with Crippen molar-refractivity contribution in [2.45, 2.75) is 18.6 Å². The maximum Gasteiger partial charge on any atom is 0.264 e. The van der Waals surface area contributed by atoms with E-state index in [4.69, 9.17) is 4.74 Å². The van der Waals surface area contributed by atoms with Crippen LogP contribution in [0.2, 0.25) is 0 Å². The second kappa shape index (κ2) is 7.72. The molecule has 0 radical (unpaired) electrons. The number of benzene rings is 3. The summed E-state index contributed by atoms with van der Waals surface area (Å²) in [6, 6.07) is 19.2. The molecule has 0 unspecified atom stereocenters. The lowest BCUT2D eigenvalue weighted by molar-refractivity contribution is -0.136. The van der Waals surface area contributed by atoms with Crippen molar-refractivity contribution in [2.24, 2.45) is 0 Å². The van der Waals surface area contributed by atoms with E-state index in [2.05, 4.69) is 0 Å². The van der Waals surface area contributed by atoms with Gasteiger partial charge in [-0.05, 0) is 48.0 Å². The lowest BCUT2D eigenvalue weighted by Gasteiger charge is -2.23. The fourth-order valence-electron chi connectivity index (χ4n) is 3.72. The molecule has 1 N–H and O–H groups in total. The van der Waals surface area contributed by atoms with Crippen LogP contribution in [0.5, 0.6) is 5.75 Å². The van der Waals surface area contributed by atoms with Gasteiger partial charge >= 0.3 is 0 Å². The molecule has 3 aromatic carbocycles. The fourth-order valence-corrected chi connectivity index (χ4v) is 3.72. The van der Waals surface area contributed by atoms with Gasteiger partial charge in [0.05, 0.1) is 25.8 Å². The second-order valence-corrected chi connectivity index (χ2v) is 7.22. The highest BCUT2D eigenvalue weighted by Crippen LogP contribution is 2.43. The van der Waals surface area contributed by atoms with Crippen molar-refractivity contribution in [3.05, 3.63) is 95.3 Å². The number of hydrogen-bond donors (Lipinski definition) is 1. The first kappa shape index (κ1) is 19.8. The quantitative estimate of drug-likeness (QED) is 0.633. The molecule has 0 aliphatic carbocycles. The number of ether oxygens (including phenoxy) is 1. The Kier molecular flexibility index (Phi) is 5.10. The molecule has 0 aromatic heterocycles. The molecular formula is C24H20FNO4. The Morgan fingerprint density at radius 3 is 2.37 bits per heavy atom. The first-order valence-corrected chi connectivity index (χ1v) is 9.48. The first-order valence-electron chi connectivity index (χ1n) is 9.48. The lowest BCUT2D eigenvalue weighted by atomic mass is 9.88. The van der Waals surface area contributed by atoms with E-state index in [0.29, 0.717) is 28.1 Å². The highest BCUT2D eigenvalue weighted by atomic mass is 19.1. The molecule has 0 spiro atoms. The summed E-state index contributed by atoms with van der Waals surface area (Å²) in [6.07, 6.45) is -0.380. The number of hydrogen-bond acceptors (Lipinski definition) is 4. The maximum absolute atomic E-state index is 13.3. The summed E-state index contributed by atoms with van der Waals surface area (Å²) < 4.78 is 18.3. The molecule has 5 nitrogen and oxygen atoms in total. The fraction of sp³-hybridized carbons (Fsp3) is 0.167. The zero-order chi connectivity index (χ0) is 21.3. The number of aliphatic hydroxyl groups is 1. The van der Waals surface area contributed by atoms with Crippen molar-refractivity contribution in [1.82, 2.24) is 0 Å². The number of para-hydroxylation sites is 1. The van der Waals surface area contributed by atoms with Gasteiger partial charge in [0.1, 0.15) is 11.6 Å². The van der Waals surface area contributed by atoms with Crippen molar-refractivity contribution in [1.29, 1.82) is 0 Å². The third-order valence-corrected chi connectivity index (χ3v) is 5.32. The van der Waals surface area contributed by atoms with Gasteiger partial charge in [-0.15, -0.1) is 0 Å². The molecule has 1 atom stereocenters. The lowest BCUT2D eigenvalue weighted by Crippen LogP contribution is -2.41. The van der Waals surface area contributed by atoms with E-state index in [1.54, 1.807) is 60.7 Å². The van der Waals surface area contributed by atoms with Gasteiger partial charge in [0.15, 0.2) is 11.4 Å². The Bertz CT molecular complexity index is 1090. The van der Waals surface area contributed by atoms with Gasteiger partial charge in [-0.3, -0.25) is 9.59 Å². The first-order chi connectivity index (χ1) is 14.4. The van der Waals surface area contributed by atoms with Gasteiger partial charge in [0, 0.05) is 11.1 Å². The molecule has 0 saturated heterocycles. The molecule has 0 fully saturated rings. The summed E-state index contributed by atoms with van der Waals surface area (Å²) in [5, 5.41) is 11.3. The molecule has 1 aliphatic heterocycles.